The molecule has 0 unspecified atom stereocenters. The van der Waals surface area contributed by atoms with Crippen LogP contribution >= 0.6 is 11.3 Å². The monoisotopic (exact) mass is 254 g/mol. The van der Waals surface area contributed by atoms with Crippen LogP contribution in [0.2, 0.25) is 0 Å². The molecule has 17 heavy (non-hydrogen) atoms. The molecule has 0 aliphatic carbocycles. The molecule has 0 aliphatic heterocycles. The van der Waals surface area contributed by atoms with Crippen molar-refractivity contribution in [1.82, 2.24) is 9.38 Å². The predicted molar refractivity (Wildman–Crippen MR) is 61.1 cm³/mol. The minimum Gasteiger partial charge on any atom is -0.476 e. The van der Waals surface area contributed by atoms with Crippen LogP contribution < -0.4 is 0 Å². The van der Waals surface area contributed by atoms with E-state index < -0.39 is 5.97 Å². The molecular weight excluding hydrogens is 247 g/mol. The van der Waals surface area contributed by atoms with Crippen LogP contribution in [0.5, 0.6) is 0 Å². The number of benzene rings is 1. The lowest BCUT2D eigenvalue weighted by Crippen LogP contribution is -1.95. The van der Waals surface area contributed by atoms with Crippen molar-refractivity contribution in [3.8, 4) is 0 Å². The number of carboxylic acids is 1. The quantitative estimate of drug-likeness (QED) is 0.715. The van der Waals surface area contributed by atoms with E-state index in [0.717, 1.165) is 10.2 Å². The number of carbonyl (C=O) groups is 1. The highest BCUT2D eigenvalue weighted by atomic mass is 32.1. The Morgan fingerprint density at radius 1 is 1.47 bits per heavy atom. The summed E-state index contributed by atoms with van der Waals surface area (Å²) in [5.74, 6) is -1.37. The van der Waals surface area contributed by atoms with Crippen LogP contribution in [-0.4, -0.2) is 25.9 Å². The summed E-state index contributed by atoms with van der Waals surface area (Å²) in [6.07, 6.45) is 1.44. The first-order valence-electron chi connectivity index (χ1n) is 4.45. The van der Waals surface area contributed by atoms with E-state index in [-0.39, 0.29) is 17.0 Å². The fraction of sp³-hybridized carbons (Fsp3) is 0. The van der Waals surface area contributed by atoms with Crippen molar-refractivity contribution in [3.05, 3.63) is 35.9 Å². The molecule has 0 saturated carbocycles. The average Bonchev–Trinajstić information content (AvgIpc) is 2.73. The third-order valence-corrected chi connectivity index (χ3v) is 3.29. The van der Waals surface area contributed by atoms with E-state index in [1.807, 2.05) is 0 Å². The van der Waals surface area contributed by atoms with Gasteiger partial charge in [0.25, 0.3) is 0 Å². The van der Waals surface area contributed by atoms with Gasteiger partial charge in [-0.05, 0) is 18.2 Å². The summed E-state index contributed by atoms with van der Waals surface area (Å²) in [6.45, 7) is 0. The number of halogens is 1. The molecule has 3 N–H and O–H groups in total. The van der Waals surface area contributed by atoms with Crippen LogP contribution in [0.1, 0.15) is 10.5 Å². The molecular formula is C10H7FN2O3S. The summed E-state index contributed by atoms with van der Waals surface area (Å²) in [6, 6.07) is 4.37. The standard InChI is InChI=1S/C10H5FN2O2S.H2O/c11-5-1-2-7-8(3-5)16-10-12-6(9(14)15)4-13(7)10;/h1-4H,(H,14,15);1H2. The smallest absolute Gasteiger partial charge is 0.356 e. The van der Waals surface area contributed by atoms with Gasteiger partial charge in [-0.2, -0.15) is 0 Å². The molecule has 3 aromatic rings. The molecule has 0 radical (unpaired) electrons. The summed E-state index contributed by atoms with van der Waals surface area (Å²) in [4.78, 5) is 15.2. The molecule has 2 aromatic heterocycles. The highest BCUT2D eigenvalue weighted by molar-refractivity contribution is 7.23. The fourth-order valence-corrected chi connectivity index (χ4v) is 2.61. The third-order valence-electron chi connectivity index (χ3n) is 2.28. The predicted octanol–water partition coefficient (Wildman–Crippen LogP) is 1.56. The lowest BCUT2D eigenvalue weighted by atomic mass is 10.3. The Morgan fingerprint density at radius 3 is 2.94 bits per heavy atom. The van der Waals surface area contributed by atoms with Gasteiger partial charge < -0.3 is 10.6 Å². The fourth-order valence-electron chi connectivity index (χ4n) is 1.58. The van der Waals surface area contributed by atoms with Crippen LogP contribution in [0.15, 0.2) is 24.4 Å². The zero-order chi connectivity index (χ0) is 11.3. The van der Waals surface area contributed by atoms with Crippen molar-refractivity contribution in [3.63, 3.8) is 0 Å². The normalized spacial score (nSPS) is 10.6. The van der Waals surface area contributed by atoms with Gasteiger partial charge in [-0.25, -0.2) is 14.2 Å². The minimum absolute atomic E-state index is 0. The molecule has 0 atom stereocenters. The van der Waals surface area contributed by atoms with Crippen LogP contribution in [0.3, 0.4) is 0 Å². The molecule has 0 spiro atoms. The second-order valence-electron chi connectivity index (χ2n) is 3.30. The van der Waals surface area contributed by atoms with Gasteiger partial charge in [0.15, 0.2) is 10.7 Å². The summed E-state index contributed by atoms with van der Waals surface area (Å²) in [7, 11) is 0. The van der Waals surface area contributed by atoms with E-state index in [9.17, 15) is 9.18 Å². The van der Waals surface area contributed by atoms with Crippen molar-refractivity contribution in [2.24, 2.45) is 0 Å². The van der Waals surface area contributed by atoms with Gasteiger partial charge in [-0.15, -0.1) is 0 Å². The number of aromatic carboxylic acids is 1. The van der Waals surface area contributed by atoms with Gasteiger partial charge in [-0.1, -0.05) is 11.3 Å². The van der Waals surface area contributed by atoms with Crippen molar-refractivity contribution >= 4 is 32.5 Å². The van der Waals surface area contributed by atoms with E-state index in [0.29, 0.717) is 4.96 Å². The minimum atomic E-state index is -1.06. The Kier molecular flexibility index (Phi) is 2.56. The van der Waals surface area contributed by atoms with Crippen molar-refractivity contribution in [2.45, 2.75) is 0 Å². The summed E-state index contributed by atoms with van der Waals surface area (Å²) in [5.41, 5.74) is 0.763. The van der Waals surface area contributed by atoms with Crippen molar-refractivity contribution < 1.29 is 19.8 Å². The topological polar surface area (TPSA) is 86.1 Å². The number of carboxylic acid groups (broad SMARTS) is 1. The van der Waals surface area contributed by atoms with Gasteiger partial charge >= 0.3 is 5.97 Å². The Hall–Kier alpha value is -1.99. The molecule has 0 amide bonds. The lowest BCUT2D eigenvalue weighted by molar-refractivity contribution is 0.0691. The molecule has 3 rings (SSSR count). The maximum absolute atomic E-state index is 13.0. The number of hydrogen-bond donors (Lipinski definition) is 1. The first-order valence-corrected chi connectivity index (χ1v) is 5.27. The summed E-state index contributed by atoms with van der Waals surface area (Å²) in [5, 5.41) is 8.79. The number of imidazole rings is 1. The van der Waals surface area contributed by atoms with Crippen LogP contribution in [0.25, 0.3) is 15.2 Å². The Bertz CT molecular complexity index is 719. The lowest BCUT2D eigenvalue weighted by Gasteiger charge is -1.90. The molecule has 5 nitrogen and oxygen atoms in total. The van der Waals surface area contributed by atoms with Crippen molar-refractivity contribution in [1.29, 1.82) is 0 Å². The highest BCUT2D eigenvalue weighted by Gasteiger charge is 2.13. The van der Waals surface area contributed by atoms with E-state index in [1.165, 1.54) is 29.7 Å². The third kappa shape index (κ3) is 1.65. The molecule has 0 saturated heterocycles. The first kappa shape index (κ1) is 11.5. The van der Waals surface area contributed by atoms with E-state index in [4.69, 9.17) is 5.11 Å². The number of hydrogen-bond acceptors (Lipinski definition) is 3. The largest absolute Gasteiger partial charge is 0.476 e. The summed E-state index contributed by atoms with van der Waals surface area (Å²) >= 11 is 1.26. The molecule has 0 fully saturated rings. The Balaban J connectivity index is 0.00000108. The van der Waals surface area contributed by atoms with Crippen LogP contribution in [0, 0.1) is 5.82 Å². The maximum atomic E-state index is 13.0. The average molecular weight is 254 g/mol. The molecule has 0 aliphatic rings. The Morgan fingerprint density at radius 2 is 2.24 bits per heavy atom. The molecule has 2 heterocycles. The summed E-state index contributed by atoms with van der Waals surface area (Å²) < 4.78 is 15.4. The second-order valence-corrected chi connectivity index (χ2v) is 4.31. The number of nitrogens with zero attached hydrogens (tertiary/aromatic N) is 2. The van der Waals surface area contributed by atoms with Crippen molar-refractivity contribution in [2.75, 3.05) is 0 Å². The van der Waals surface area contributed by atoms with Crippen LogP contribution in [-0.2, 0) is 0 Å². The number of thiazole rings is 1. The first-order chi connectivity index (χ1) is 7.65. The molecule has 7 heteroatoms. The zero-order valence-corrected chi connectivity index (χ0v) is 9.16. The number of fused-ring (bicyclic) bond motifs is 3. The van der Waals surface area contributed by atoms with Gasteiger partial charge in [0, 0.05) is 6.20 Å². The molecule has 1 aromatic carbocycles. The highest BCUT2D eigenvalue weighted by Crippen LogP contribution is 2.26. The van der Waals surface area contributed by atoms with Crippen LogP contribution in [0.4, 0.5) is 4.39 Å². The van der Waals surface area contributed by atoms with Gasteiger partial charge in [-0.3, -0.25) is 4.40 Å². The SMILES string of the molecule is O.O=C(O)c1cn2c(n1)sc1cc(F)ccc12. The zero-order valence-electron chi connectivity index (χ0n) is 8.35. The molecule has 88 valence electrons. The Labute approximate surface area is 98.1 Å². The van der Waals surface area contributed by atoms with E-state index in [2.05, 4.69) is 4.98 Å². The second kappa shape index (κ2) is 3.79. The number of aromatic nitrogens is 2. The van der Waals surface area contributed by atoms with E-state index in [1.54, 1.807) is 10.5 Å². The van der Waals surface area contributed by atoms with Gasteiger partial charge in [0.05, 0.1) is 10.2 Å². The maximum Gasteiger partial charge on any atom is 0.356 e. The van der Waals surface area contributed by atoms with Gasteiger partial charge in [0.1, 0.15) is 5.82 Å². The molecule has 0 bridgehead atoms. The van der Waals surface area contributed by atoms with Gasteiger partial charge in [0.2, 0.25) is 0 Å². The van der Waals surface area contributed by atoms with E-state index >= 15 is 0 Å². The number of rotatable bonds is 1.